The normalized spacial score (nSPS) is 10.3. The third-order valence-electron chi connectivity index (χ3n) is 2.60. The number of hydrogen-bond acceptors (Lipinski definition) is 3. The van der Waals surface area contributed by atoms with E-state index in [1.165, 1.54) is 5.56 Å². The molecule has 0 aliphatic rings. The van der Waals surface area contributed by atoms with Crippen molar-refractivity contribution in [3.63, 3.8) is 0 Å². The molecule has 0 aliphatic heterocycles. The second-order valence-electron chi connectivity index (χ2n) is 4.34. The average Bonchev–Trinajstić information content (AvgIpc) is 2.40. The molecule has 0 atom stereocenters. The molecule has 3 nitrogen and oxygen atoms in total. The van der Waals surface area contributed by atoms with Crippen molar-refractivity contribution in [1.29, 1.82) is 0 Å². The Balaban J connectivity index is 2.14. The van der Waals surface area contributed by atoms with Gasteiger partial charge in [-0.1, -0.05) is 13.0 Å². The third-order valence-corrected chi connectivity index (χ3v) is 3.22. The highest BCUT2D eigenvalue weighted by molar-refractivity contribution is 9.10. The van der Waals surface area contributed by atoms with Crippen LogP contribution in [0.25, 0.3) is 0 Å². The molecular weight excluding hydrogens is 304 g/mol. The molecule has 2 aromatic rings. The highest BCUT2D eigenvalue weighted by atomic mass is 79.9. The van der Waals surface area contributed by atoms with Gasteiger partial charge in [-0.15, -0.1) is 0 Å². The minimum absolute atomic E-state index is 0.776. The first kappa shape index (κ1) is 13.9. The molecule has 1 heterocycles. The Morgan fingerprint density at radius 2 is 2.11 bits per heavy atom. The van der Waals surface area contributed by atoms with E-state index in [-0.39, 0.29) is 0 Å². The molecule has 0 saturated heterocycles. The first-order valence-electron chi connectivity index (χ1n) is 6.33. The Morgan fingerprint density at radius 1 is 1.26 bits per heavy atom. The van der Waals surface area contributed by atoms with E-state index in [9.17, 15) is 0 Å². The van der Waals surface area contributed by atoms with Gasteiger partial charge in [0.1, 0.15) is 17.3 Å². The summed E-state index contributed by atoms with van der Waals surface area (Å²) < 4.78 is 6.81. The van der Waals surface area contributed by atoms with Gasteiger partial charge < -0.3 is 10.1 Å². The summed E-state index contributed by atoms with van der Waals surface area (Å²) in [5, 5.41) is 3.24. The number of pyridine rings is 1. The zero-order valence-corrected chi connectivity index (χ0v) is 12.7. The number of nitrogens with zero attached hydrogens (tertiary/aromatic N) is 1. The van der Waals surface area contributed by atoms with Crippen LogP contribution in [0.5, 0.6) is 11.5 Å². The van der Waals surface area contributed by atoms with E-state index in [0.717, 1.165) is 34.8 Å². The van der Waals surface area contributed by atoms with Crippen molar-refractivity contribution in [2.24, 2.45) is 0 Å². The SMILES string of the molecule is CCCNc1cc(Oc2ccc(C)cc2Br)ccn1. The van der Waals surface area contributed by atoms with Crippen LogP contribution in [0.4, 0.5) is 5.82 Å². The van der Waals surface area contributed by atoms with Gasteiger partial charge in [-0.25, -0.2) is 4.98 Å². The van der Waals surface area contributed by atoms with Crippen molar-refractivity contribution in [1.82, 2.24) is 4.98 Å². The largest absolute Gasteiger partial charge is 0.456 e. The highest BCUT2D eigenvalue weighted by Gasteiger charge is 2.04. The van der Waals surface area contributed by atoms with Crippen molar-refractivity contribution >= 4 is 21.7 Å². The molecular formula is C15H17BrN2O. The predicted octanol–water partition coefficient (Wildman–Crippen LogP) is 4.77. The summed E-state index contributed by atoms with van der Waals surface area (Å²) in [6.45, 7) is 5.08. The number of rotatable bonds is 5. The standard InChI is InChI=1S/C15H17BrN2O/c1-3-7-17-15-10-12(6-8-18-15)19-14-5-4-11(2)9-13(14)16/h4-6,8-10H,3,7H2,1-2H3,(H,17,18). The summed E-state index contributed by atoms with van der Waals surface area (Å²) in [6.07, 6.45) is 2.81. The minimum atomic E-state index is 0.776. The van der Waals surface area contributed by atoms with Crippen molar-refractivity contribution in [2.75, 3.05) is 11.9 Å². The molecule has 0 fully saturated rings. The Kier molecular flexibility index (Phi) is 4.80. The molecule has 19 heavy (non-hydrogen) atoms. The number of aryl methyl sites for hydroxylation is 1. The molecule has 4 heteroatoms. The fourth-order valence-electron chi connectivity index (χ4n) is 1.64. The first-order valence-corrected chi connectivity index (χ1v) is 7.12. The van der Waals surface area contributed by atoms with Crippen LogP contribution < -0.4 is 10.1 Å². The van der Waals surface area contributed by atoms with Crippen LogP contribution in [0, 0.1) is 6.92 Å². The van der Waals surface area contributed by atoms with Crippen LogP contribution in [0.3, 0.4) is 0 Å². The van der Waals surface area contributed by atoms with Crippen LogP contribution in [-0.4, -0.2) is 11.5 Å². The topological polar surface area (TPSA) is 34.1 Å². The summed E-state index contributed by atoms with van der Waals surface area (Å²) in [5.74, 6) is 2.42. The van der Waals surface area contributed by atoms with Crippen LogP contribution in [0.1, 0.15) is 18.9 Å². The van der Waals surface area contributed by atoms with Gasteiger partial charge in [0.15, 0.2) is 0 Å². The third kappa shape index (κ3) is 3.96. The Bertz CT molecular complexity index is 558. The van der Waals surface area contributed by atoms with Gasteiger partial charge in [0, 0.05) is 18.8 Å². The van der Waals surface area contributed by atoms with E-state index in [0.29, 0.717) is 0 Å². The van der Waals surface area contributed by atoms with Crippen molar-refractivity contribution in [3.8, 4) is 11.5 Å². The van der Waals surface area contributed by atoms with E-state index in [4.69, 9.17) is 4.74 Å². The molecule has 0 spiro atoms. The summed E-state index contributed by atoms with van der Waals surface area (Å²) in [4.78, 5) is 4.25. The van der Waals surface area contributed by atoms with E-state index in [1.54, 1.807) is 6.20 Å². The lowest BCUT2D eigenvalue weighted by atomic mass is 10.2. The molecule has 1 aromatic heterocycles. The fourth-order valence-corrected chi connectivity index (χ4v) is 2.21. The molecule has 0 aliphatic carbocycles. The Labute approximate surface area is 122 Å². The number of ether oxygens (including phenoxy) is 1. The molecule has 0 radical (unpaired) electrons. The Morgan fingerprint density at radius 3 is 2.84 bits per heavy atom. The lowest BCUT2D eigenvalue weighted by molar-refractivity contribution is 0.479. The average molecular weight is 321 g/mol. The number of hydrogen-bond donors (Lipinski definition) is 1. The molecule has 1 N–H and O–H groups in total. The summed E-state index contributed by atoms with van der Waals surface area (Å²) in [5.41, 5.74) is 1.19. The number of anilines is 1. The van der Waals surface area contributed by atoms with Gasteiger partial charge in [-0.2, -0.15) is 0 Å². The molecule has 2 rings (SSSR count). The Hall–Kier alpha value is -1.55. The van der Waals surface area contributed by atoms with Crippen molar-refractivity contribution < 1.29 is 4.74 Å². The van der Waals surface area contributed by atoms with Gasteiger partial charge in [0.05, 0.1) is 4.47 Å². The zero-order valence-electron chi connectivity index (χ0n) is 11.1. The van der Waals surface area contributed by atoms with Gasteiger partial charge in [0.25, 0.3) is 0 Å². The highest BCUT2D eigenvalue weighted by Crippen LogP contribution is 2.30. The first-order chi connectivity index (χ1) is 9.19. The summed E-state index contributed by atoms with van der Waals surface area (Å²) in [6, 6.07) is 9.77. The smallest absolute Gasteiger partial charge is 0.141 e. The molecule has 0 unspecified atom stereocenters. The van der Waals surface area contributed by atoms with E-state index in [2.05, 4.69) is 33.2 Å². The van der Waals surface area contributed by atoms with Gasteiger partial charge in [-0.05, 0) is 53.0 Å². The maximum absolute atomic E-state index is 5.86. The van der Waals surface area contributed by atoms with Gasteiger partial charge >= 0.3 is 0 Å². The van der Waals surface area contributed by atoms with E-state index >= 15 is 0 Å². The van der Waals surface area contributed by atoms with Crippen LogP contribution in [0.15, 0.2) is 41.0 Å². The van der Waals surface area contributed by atoms with Crippen LogP contribution >= 0.6 is 15.9 Å². The number of benzene rings is 1. The maximum Gasteiger partial charge on any atom is 0.141 e. The maximum atomic E-state index is 5.86. The molecule has 0 amide bonds. The number of halogens is 1. The second kappa shape index (κ2) is 6.57. The molecule has 0 bridgehead atoms. The number of nitrogens with one attached hydrogen (secondary N) is 1. The quantitative estimate of drug-likeness (QED) is 0.861. The lowest BCUT2D eigenvalue weighted by Crippen LogP contribution is -2.01. The van der Waals surface area contributed by atoms with E-state index in [1.807, 2.05) is 37.3 Å². The minimum Gasteiger partial charge on any atom is -0.456 e. The van der Waals surface area contributed by atoms with Crippen molar-refractivity contribution in [3.05, 3.63) is 46.6 Å². The fraction of sp³-hybridized carbons (Fsp3) is 0.267. The van der Waals surface area contributed by atoms with Crippen LogP contribution in [0.2, 0.25) is 0 Å². The number of aromatic nitrogens is 1. The molecule has 100 valence electrons. The molecule has 0 saturated carbocycles. The summed E-state index contributed by atoms with van der Waals surface area (Å²) in [7, 11) is 0. The molecule has 1 aromatic carbocycles. The second-order valence-corrected chi connectivity index (χ2v) is 5.19. The zero-order chi connectivity index (χ0) is 13.7. The predicted molar refractivity (Wildman–Crippen MR) is 82.0 cm³/mol. The summed E-state index contributed by atoms with van der Waals surface area (Å²) >= 11 is 3.51. The lowest BCUT2D eigenvalue weighted by Gasteiger charge is -2.10. The van der Waals surface area contributed by atoms with Crippen LogP contribution in [-0.2, 0) is 0 Å². The van der Waals surface area contributed by atoms with Gasteiger partial charge in [0.2, 0.25) is 0 Å². The van der Waals surface area contributed by atoms with Crippen molar-refractivity contribution in [2.45, 2.75) is 20.3 Å². The van der Waals surface area contributed by atoms with E-state index < -0.39 is 0 Å². The monoisotopic (exact) mass is 320 g/mol. The van der Waals surface area contributed by atoms with Gasteiger partial charge in [-0.3, -0.25) is 0 Å².